The van der Waals surface area contributed by atoms with Crippen molar-refractivity contribution < 1.29 is 4.52 Å². The summed E-state index contributed by atoms with van der Waals surface area (Å²) < 4.78 is 9.50. The smallest absolute Gasteiger partial charge is 0.138 e. The molecule has 0 spiro atoms. The molecular weight excluding hydrogens is 292 g/mol. The zero-order valence-electron chi connectivity index (χ0n) is 13.4. The first-order chi connectivity index (χ1) is 11.2. The molecule has 23 heavy (non-hydrogen) atoms. The van der Waals surface area contributed by atoms with E-state index in [2.05, 4.69) is 24.7 Å². The van der Waals surface area contributed by atoms with Gasteiger partial charge in [-0.25, -0.2) is 4.98 Å². The van der Waals surface area contributed by atoms with Crippen LogP contribution in [0.4, 0.5) is 0 Å². The summed E-state index contributed by atoms with van der Waals surface area (Å²) in [5.41, 5.74) is 3.39. The Morgan fingerprint density at radius 3 is 2.87 bits per heavy atom. The minimum absolute atomic E-state index is 0.768. The van der Waals surface area contributed by atoms with Crippen LogP contribution < -0.4 is 0 Å². The minimum atomic E-state index is 0.768. The normalized spacial score (nSPS) is 15.0. The first-order valence-corrected chi connectivity index (χ1v) is 7.85. The van der Waals surface area contributed by atoms with Gasteiger partial charge < -0.3 is 9.09 Å². The van der Waals surface area contributed by atoms with Crippen LogP contribution in [0.1, 0.15) is 28.5 Å². The fourth-order valence-corrected chi connectivity index (χ4v) is 3.15. The Morgan fingerprint density at radius 1 is 1.22 bits per heavy atom. The molecule has 0 amide bonds. The highest BCUT2D eigenvalue weighted by molar-refractivity contribution is 5.21. The number of imidazole rings is 1. The average molecular weight is 312 g/mol. The molecule has 0 saturated carbocycles. The number of fused-ring (bicyclic) bond motifs is 1. The van der Waals surface area contributed by atoms with E-state index < -0.39 is 0 Å². The lowest BCUT2D eigenvalue weighted by Gasteiger charge is -2.28. The van der Waals surface area contributed by atoms with Crippen molar-refractivity contribution in [1.29, 1.82) is 0 Å². The summed E-state index contributed by atoms with van der Waals surface area (Å²) in [4.78, 5) is 7.00. The molecule has 7 heteroatoms. The fraction of sp³-hybridized carbons (Fsp3) is 0.438. The maximum atomic E-state index is 5.26. The van der Waals surface area contributed by atoms with Crippen LogP contribution in [0, 0.1) is 13.8 Å². The molecule has 7 nitrogen and oxygen atoms in total. The van der Waals surface area contributed by atoms with Crippen LogP contribution in [0.15, 0.2) is 29.2 Å². The third kappa shape index (κ3) is 2.68. The van der Waals surface area contributed by atoms with E-state index in [0.29, 0.717) is 0 Å². The first-order valence-electron chi connectivity index (χ1n) is 7.85. The predicted octanol–water partition coefficient (Wildman–Crippen LogP) is 1.75. The highest BCUT2D eigenvalue weighted by Crippen LogP contribution is 2.20. The summed E-state index contributed by atoms with van der Waals surface area (Å²) in [5.74, 6) is 2.03. The largest absolute Gasteiger partial charge is 0.361 e. The third-order valence-electron chi connectivity index (χ3n) is 4.47. The summed E-state index contributed by atoms with van der Waals surface area (Å²) in [6, 6.07) is 1.94. The molecule has 0 bridgehead atoms. The number of aryl methyl sites for hydroxylation is 2. The quantitative estimate of drug-likeness (QED) is 0.734. The van der Waals surface area contributed by atoms with Gasteiger partial charge in [-0.1, -0.05) is 5.16 Å². The van der Waals surface area contributed by atoms with Crippen LogP contribution in [-0.2, 0) is 26.2 Å². The highest BCUT2D eigenvalue weighted by atomic mass is 16.5. The number of hydrogen-bond acceptors (Lipinski definition) is 5. The molecule has 4 heterocycles. The van der Waals surface area contributed by atoms with E-state index in [1.54, 1.807) is 6.20 Å². The summed E-state index contributed by atoms with van der Waals surface area (Å²) in [7, 11) is 0. The fourth-order valence-electron chi connectivity index (χ4n) is 3.15. The molecule has 0 unspecified atom stereocenters. The Kier molecular flexibility index (Phi) is 3.49. The van der Waals surface area contributed by atoms with E-state index in [1.165, 1.54) is 11.3 Å². The zero-order chi connectivity index (χ0) is 15.8. The van der Waals surface area contributed by atoms with E-state index in [4.69, 9.17) is 4.52 Å². The Bertz CT molecular complexity index is 781. The van der Waals surface area contributed by atoms with Gasteiger partial charge in [-0.3, -0.25) is 9.58 Å². The van der Waals surface area contributed by atoms with Crippen molar-refractivity contribution in [2.24, 2.45) is 0 Å². The molecule has 0 fully saturated rings. The van der Waals surface area contributed by atoms with Gasteiger partial charge in [0.25, 0.3) is 0 Å². The molecule has 0 atom stereocenters. The molecule has 0 aliphatic carbocycles. The van der Waals surface area contributed by atoms with Crippen molar-refractivity contribution in [3.05, 3.63) is 53.2 Å². The van der Waals surface area contributed by atoms with Crippen molar-refractivity contribution in [3.8, 4) is 0 Å². The van der Waals surface area contributed by atoms with Crippen LogP contribution in [0.2, 0.25) is 0 Å². The van der Waals surface area contributed by atoms with E-state index in [1.807, 2.05) is 37.0 Å². The SMILES string of the molecule is Cc1noc(C)c1CN1CCn2c(Cn3cccn3)cnc2C1. The molecule has 1 aliphatic heterocycles. The van der Waals surface area contributed by atoms with Crippen molar-refractivity contribution in [2.45, 2.75) is 40.0 Å². The molecule has 120 valence electrons. The van der Waals surface area contributed by atoms with Gasteiger partial charge in [0.05, 0.1) is 30.7 Å². The molecule has 0 saturated heterocycles. The maximum absolute atomic E-state index is 5.26. The summed E-state index contributed by atoms with van der Waals surface area (Å²) in [6.07, 6.45) is 5.75. The third-order valence-corrected chi connectivity index (χ3v) is 4.47. The van der Waals surface area contributed by atoms with Gasteiger partial charge in [0.2, 0.25) is 0 Å². The monoisotopic (exact) mass is 312 g/mol. The highest BCUT2D eigenvalue weighted by Gasteiger charge is 2.22. The van der Waals surface area contributed by atoms with Crippen LogP contribution in [-0.4, -0.2) is 35.9 Å². The van der Waals surface area contributed by atoms with Crippen LogP contribution in [0.5, 0.6) is 0 Å². The molecular formula is C16H20N6O. The second-order valence-corrected chi connectivity index (χ2v) is 6.03. The number of nitrogens with zero attached hydrogens (tertiary/aromatic N) is 6. The molecule has 0 radical (unpaired) electrons. The van der Waals surface area contributed by atoms with E-state index in [-0.39, 0.29) is 0 Å². The topological polar surface area (TPSA) is 64.9 Å². The standard InChI is InChI=1S/C16H20N6O/c1-12-15(13(2)23-19-12)10-20-6-7-22-14(8-17-16(22)11-20)9-21-5-3-4-18-21/h3-5,8H,6-7,9-11H2,1-2H3. The molecule has 0 N–H and O–H groups in total. The Labute approximate surface area is 134 Å². The predicted molar refractivity (Wildman–Crippen MR) is 83.6 cm³/mol. The van der Waals surface area contributed by atoms with E-state index in [9.17, 15) is 0 Å². The maximum Gasteiger partial charge on any atom is 0.138 e. The van der Waals surface area contributed by atoms with Gasteiger partial charge >= 0.3 is 0 Å². The molecule has 3 aromatic rings. The van der Waals surface area contributed by atoms with E-state index in [0.717, 1.165) is 50.0 Å². The molecule has 3 aromatic heterocycles. The summed E-state index contributed by atoms with van der Waals surface area (Å²) in [6.45, 7) is 8.41. The van der Waals surface area contributed by atoms with Gasteiger partial charge in [-0.15, -0.1) is 0 Å². The van der Waals surface area contributed by atoms with Crippen molar-refractivity contribution in [3.63, 3.8) is 0 Å². The lowest BCUT2D eigenvalue weighted by atomic mass is 10.2. The summed E-state index contributed by atoms with van der Waals surface area (Å²) >= 11 is 0. The number of hydrogen-bond donors (Lipinski definition) is 0. The van der Waals surface area contributed by atoms with E-state index >= 15 is 0 Å². The molecule has 0 aromatic carbocycles. The molecule has 1 aliphatic rings. The first kappa shape index (κ1) is 14.2. The Morgan fingerprint density at radius 2 is 2.13 bits per heavy atom. The van der Waals surface area contributed by atoms with Crippen LogP contribution in [0.25, 0.3) is 0 Å². The second-order valence-electron chi connectivity index (χ2n) is 6.03. The van der Waals surface area contributed by atoms with Gasteiger partial charge in [0, 0.05) is 37.6 Å². The van der Waals surface area contributed by atoms with Crippen molar-refractivity contribution in [2.75, 3.05) is 6.54 Å². The van der Waals surface area contributed by atoms with Crippen molar-refractivity contribution >= 4 is 0 Å². The van der Waals surface area contributed by atoms with Crippen molar-refractivity contribution in [1.82, 2.24) is 29.4 Å². The Balaban J connectivity index is 1.49. The minimum Gasteiger partial charge on any atom is -0.361 e. The molecule has 4 rings (SSSR count). The number of aromatic nitrogens is 5. The van der Waals surface area contributed by atoms with Gasteiger partial charge in [-0.05, 0) is 19.9 Å². The Hall–Kier alpha value is -2.41. The lowest BCUT2D eigenvalue weighted by molar-refractivity contribution is 0.205. The van der Waals surface area contributed by atoms with Gasteiger partial charge in [-0.2, -0.15) is 5.10 Å². The average Bonchev–Trinajstić information content (AvgIpc) is 3.26. The zero-order valence-corrected chi connectivity index (χ0v) is 13.4. The van der Waals surface area contributed by atoms with Gasteiger partial charge in [0.15, 0.2) is 0 Å². The lowest BCUT2D eigenvalue weighted by Crippen LogP contribution is -2.34. The second kappa shape index (κ2) is 5.66. The summed E-state index contributed by atoms with van der Waals surface area (Å²) in [5, 5.41) is 8.31. The van der Waals surface area contributed by atoms with Crippen LogP contribution in [0.3, 0.4) is 0 Å². The van der Waals surface area contributed by atoms with Gasteiger partial charge in [0.1, 0.15) is 11.6 Å². The number of rotatable bonds is 4. The van der Waals surface area contributed by atoms with Crippen LogP contribution >= 0.6 is 0 Å².